The normalized spacial score (nSPS) is 18.4. The minimum Gasteiger partial charge on any atom is -0.497 e. The van der Waals surface area contributed by atoms with Crippen LogP contribution >= 0.6 is 8.17 Å². The van der Waals surface area contributed by atoms with Crippen molar-refractivity contribution in [3.63, 3.8) is 0 Å². The van der Waals surface area contributed by atoms with Crippen LogP contribution in [0.1, 0.15) is 125 Å². The highest BCUT2D eigenvalue weighted by molar-refractivity contribution is 7.55. The van der Waals surface area contributed by atoms with Gasteiger partial charge in [-0.15, -0.1) is 9.05 Å². The molecule has 5 amide bonds. The number of Topliss-reactive ketones (excluding diaryl/α,β-unsaturated/α-hetero) is 1. The quantitative estimate of drug-likeness (QED) is 0.00475. The summed E-state index contributed by atoms with van der Waals surface area (Å²) >= 11 is 0. The molecule has 3 aliphatic heterocycles. The number of carbonyl (C=O) groups excluding carboxylic acids is 7. The molecule has 15 rings (SSSR count). The van der Waals surface area contributed by atoms with Crippen LogP contribution in [0, 0.1) is 6.57 Å². The molecular formula is C94H96N12O21P+. The Labute approximate surface area is 737 Å². The second-order valence-electron chi connectivity index (χ2n) is 31.1. The molecule has 2 aliphatic carbocycles. The van der Waals surface area contributed by atoms with Crippen LogP contribution in [-0.2, 0) is 73.3 Å². The zero-order valence-electron chi connectivity index (χ0n) is 70.5. The Balaban J connectivity index is 0.619. The predicted octanol–water partition coefficient (Wildman–Crippen LogP) is 11.9. The number of rotatable bonds is 37. The summed E-state index contributed by atoms with van der Waals surface area (Å²) < 4.78 is 70.2. The Hall–Kier alpha value is -13.4. The van der Waals surface area contributed by atoms with E-state index in [-0.39, 0.29) is 137 Å². The van der Waals surface area contributed by atoms with Crippen LogP contribution in [0.2, 0.25) is 0 Å². The standard InChI is InChI=1S/C94H95N12O21P/c1-58(107)29-42-85(110)126-76-50-83(105-48-44-80(100-91(105)113)99-81(108)28-17-47-104(3)93(115)120-54-75-72-26-15-11-22-68(72)69-23-12-16-27-73(69)75)125-79(76)56-123-128(116,122-49-46-95-2)127-77-51-84(124-78(77)55-121-94(61-18-7-6-8-19-61,62-34-38-64(117-4)39-35-62)63-36-40-65(118-5)41-37-63)106-57-98-86-87(106)102-90(103-89(86)112)101-82(109)43-45-96-88(111)60-32-30-59(31-33-60)52-97-92(114)119-53-74-70-24-13-9-20-66(70)67-21-10-14-25-71(67)74/h6-16,18-27,30-41,44,48,57,74-79,83-84,91,113,116H,17,28-29,42-43,45-47,49-56H2,1,3-5H3,(H4-,96,97,99,100,101,102,103,108,109,111,112,114)/p+1/t76?,77?,78?,79-,83?,84-,91?,128?/m1/s1. The first-order valence-electron chi connectivity index (χ1n) is 41.9. The van der Waals surface area contributed by atoms with Crippen molar-refractivity contribution in [3.8, 4) is 33.8 Å². The van der Waals surface area contributed by atoms with Crippen molar-refractivity contribution >= 4 is 72.8 Å². The first-order chi connectivity index (χ1) is 62.1. The number of aliphatic hydroxyl groups is 1. The lowest BCUT2D eigenvalue weighted by atomic mass is 9.80. The van der Waals surface area contributed by atoms with Gasteiger partial charge < -0.3 is 78.4 Å². The number of amidine groups is 1. The number of esters is 1. The number of aromatic nitrogens is 4. The molecule has 8 aromatic carbocycles. The summed E-state index contributed by atoms with van der Waals surface area (Å²) in [7, 11) is -0.0903. The molecule has 2 fully saturated rings. The van der Waals surface area contributed by atoms with Crippen molar-refractivity contribution in [2.45, 2.75) is 119 Å². The van der Waals surface area contributed by atoms with Crippen LogP contribution in [0.15, 0.2) is 229 Å². The van der Waals surface area contributed by atoms with E-state index in [9.17, 15) is 48.4 Å². The van der Waals surface area contributed by atoms with E-state index < -0.39 is 112 Å². The third kappa shape index (κ3) is 20.8. The van der Waals surface area contributed by atoms with E-state index in [4.69, 9.17) is 58.0 Å². The average Bonchev–Trinajstić information content (AvgIpc) is 1.32. The van der Waals surface area contributed by atoms with E-state index in [1.165, 1.54) is 39.9 Å². The van der Waals surface area contributed by atoms with Gasteiger partial charge in [0.1, 0.15) is 85.4 Å². The lowest BCUT2D eigenvalue weighted by Gasteiger charge is -2.37. The number of alkyl carbamates (subject to hydrolysis) is 1. The first-order valence-corrected chi connectivity index (χ1v) is 43.4. The van der Waals surface area contributed by atoms with Crippen molar-refractivity contribution in [3.05, 3.63) is 291 Å². The molecule has 7 N–H and O–H groups in total. The van der Waals surface area contributed by atoms with Crippen molar-refractivity contribution in [2.24, 2.45) is 4.99 Å². The molecule has 5 aliphatic rings. The molecule has 662 valence electrons. The number of ether oxygens (including phenoxy) is 8. The molecular weight excluding hydrogens is 1660 g/mol. The fourth-order valence-corrected chi connectivity index (χ4v) is 17.8. The number of hydrogen-bond donors (Lipinski definition) is 7. The third-order valence-electron chi connectivity index (χ3n) is 22.8. The van der Waals surface area contributed by atoms with Crippen molar-refractivity contribution < 1.29 is 95.0 Å². The fourth-order valence-electron chi connectivity index (χ4n) is 16.4. The molecule has 6 unspecified atom stereocenters. The van der Waals surface area contributed by atoms with Crippen molar-refractivity contribution in [2.75, 3.05) is 79.3 Å². The predicted molar refractivity (Wildman–Crippen MR) is 469 cm³/mol. The minimum atomic E-state index is -4.78. The average molecular weight is 1760 g/mol. The number of anilines is 1. The van der Waals surface area contributed by atoms with Gasteiger partial charge in [-0.3, -0.25) is 38.8 Å². The zero-order valence-corrected chi connectivity index (χ0v) is 71.4. The van der Waals surface area contributed by atoms with Gasteiger partial charge in [0, 0.05) is 82.4 Å². The molecule has 10 aromatic rings. The Kier molecular flexibility index (Phi) is 28.6. The maximum absolute atomic E-state index is 14.0. The monoisotopic (exact) mass is 1760 g/mol. The highest BCUT2D eigenvalue weighted by Gasteiger charge is 2.56. The molecule has 2 saturated heterocycles. The van der Waals surface area contributed by atoms with Crippen LogP contribution in [-0.4, -0.2) is 198 Å². The molecule has 2 aromatic heterocycles. The molecule has 0 saturated carbocycles. The second-order valence-corrected chi connectivity index (χ2v) is 32.7. The summed E-state index contributed by atoms with van der Waals surface area (Å²) in [5, 5.41) is 22.5. The van der Waals surface area contributed by atoms with E-state index in [2.05, 4.69) is 70.3 Å². The maximum Gasteiger partial charge on any atom is 0.573 e. The van der Waals surface area contributed by atoms with Crippen LogP contribution < -0.4 is 36.3 Å². The number of nitrogens with zero attached hydrogens (tertiary/aromatic N) is 7. The van der Waals surface area contributed by atoms with Gasteiger partial charge in [0.15, 0.2) is 17.8 Å². The van der Waals surface area contributed by atoms with Gasteiger partial charge in [0.25, 0.3) is 11.5 Å². The van der Waals surface area contributed by atoms with Crippen LogP contribution in [0.3, 0.4) is 0 Å². The van der Waals surface area contributed by atoms with E-state index in [0.717, 1.165) is 44.5 Å². The van der Waals surface area contributed by atoms with Crippen molar-refractivity contribution in [1.82, 2.24) is 45.3 Å². The summed E-state index contributed by atoms with van der Waals surface area (Å²) in [5.41, 5.74) is 9.27. The van der Waals surface area contributed by atoms with Gasteiger partial charge in [-0.2, -0.15) is 14.4 Å². The number of hydrogen-bond acceptors (Lipinski definition) is 25. The number of fused-ring (bicyclic) bond motifs is 7. The molecule has 0 spiro atoms. The molecule has 0 bridgehead atoms. The van der Waals surface area contributed by atoms with E-state index in [1.807, 2.05) is 127 Å². The van der Waals surface area contributed by atoms with Crippen molar-refractivity contribution in [1.29, 1.82) is 0 Å². The number of methoxy groups -OCH3 is 2. The number of benzene rings is 8. The minimum absolute atomic E-state index is 0.00547. The summed E-state index contributed by atoms with van der Waals surface area (Å²) in [4.78, 5) is 141. The first kappa shape index (κ1) is 89.4. The molecule has 5 heterocycles. The number of aromatic amines is 1. The molecule has 0 radical (unpaired) electrons. The molecule has 33 nitrogen and oxygen atoms in total. The summed E-state index contributed by atoms with van der Waals surface area (Å²) in [6.07, 6.45) is -6.73. The number of aliphatic hydroxyl groups excluding tert-OH is 1. The lowest BCUT2D eigenvalue weighted by Crippen LogP contribution is -2.43. The Morgan fingerprint density at radius 3 is 1.82 bits per heavy atom. The third-order valence-corrected chi connectivity index (χ3v) is 24.3. The fraction of sp³-hybridized carbons (Fsp3) is 0.319. The number of nitrogens with one attached hydrogen (secondary N) is 5. The SMILES string of the molecule is [C-]#[N+]CCO[P+](O)(OC[C@H]1OC(N2C=CC(NC(=O)CCCN(C)C(=O)OCC3c4ccccc4-c4ccccc43)=NC2O)CC1OC(=O)CCC(C)=O)OC1C[C@H](n2cnc3c(=O)[nH]c(NC(=O)CCNC(=O)c4ccc(CNC(=O)OCC5c6ccccc6-c6ccccc65)cc4)nc32)OC1COC(c1ccccc1)(c1ccc(OC)cc1)c1ccc(OC)cc1. The Bertz CT molecular complexity index is 5720. The summed E-state index contributed by atoms with van der Waals surface area (Å²) in [6.45, 7) is 7.80. The number of aliphatic imine (C=N–C) groups is 1. The van der Waals surface area contributed by atoms with E-state index in [1.54, 1.807) is 69.8 Å². The Morgan fingerprint density at radius 1 is 0.648 bits per heavy atom. The topological polar surface area (TPSA) is 396 Å². The molecule has 8 atom stereocenters. The van der Waals surface area contributed by atoms with Gasteiger partial charge in [0.2, 0.25) is 30.7 Å². The smallest absolute Gasteiger partial charge is 0.497 e. The number of carbonyl (C=O) groups is 7. The lowest BCUT2D eigenvalue weighted by molar-refractivity contribution is -0.155. The van der Waals surface area contributed by atoms with Gasteiger partial charge in [-0.25, -0.2) is 26.1 Å². The number of amides is 5. The number of H-pyrrole nitrogens is 1. The molecule has 128 heavy (non-hydrogen) atoms. The molecule has 34 heteroatoms. The summed E-state index contributed by atoms with van der Waals surface area (Å²) in [5.74, 6) is -2.02. The largest absolute Gasteiger partial charge is 0.573 e. The van der Waals surface area contributed by atoms with Crippen LogP contribution in [0.4, 0.5) is 15.5 Å². The van der Waals surface area contributed by atoms with Gasteiger partial charge in [-0.05, 0) is 123 Å². The maximum atomic E-state index is 14.0. The van der Waals surface area contributed by atoms with Crippen LogP contribution in [0.25, 0.3) is 38.3 Å². The Morgan fingerprint density at radius 2 is 1.22 bits per heavy atom. The van der Waals surface area contributed by atoms with E-state index in [0.29, 0.717) is 33.8 Å². The summed E-state index contributed by atoms with van der Waals surface area (Å²) in [6, 6.07) is 62.7. The highest BCUT2D eigenvalue weighted by Crippen LogP contribution is 2.61. The highest BCUT2D eigenvalue weighted by atomic mass is 31.2. The number of ketones is 1. The van der Waals surface area contributed by atoms with Gasteiger partial charge >= 0.3 is 26.3 Å². The van der Waals surface area contributed by atoms with Crippen LogP contribution in [0.5, 0.6) is 11.5 Å². The number of imidazole rings is 1. The zero-order chi connectivity index (χ0) is 89.4. The second kappa shape index (κ2) is 40.9. The van der Waals surface area contributed by atoms with E-state index >= 15 is 0 Å². The van der Waals surface area contributed by atoms with Gasteiger partial charge in [0.05, 0.1) is 33.6 Å². The van der Waals surface area contributed by atoms with Gasteiger partial charge in [-0.1, -0.05) is 164 Å².